The van der Waals surface area contributed by atoms with Crippen molar-refractivity contribution >= 4 is 11.4 Å². The molecule has 0 bridgehead atoms. The molecule has 0 radical (unpaired) electrons. The molecule has 2 N–H and O–H groups in total. The molecule has 2 aromatic rings. The molecular weight excluding hydrogens is 404 g/mol. The van der Waals surface area contributed by atoms with Crippen LogP contribution in [0.5, 0.6) is 11.5 Å². The highest BCUT2D eigenvalue weighted by Crippen LogP contribution is 2.60. The number of phenolic OH excluding ortho intramolecular Hbond substituents is 1. The lowest BCUT2D eigenvalue weighted by atomic mass is 9.55. The molecule has 3 aliphatic rings. The molecule has 0 saturated heterocycles. The molecule has 3 aliphatic carbocycles. The molecule has 0 unspecified atom stereocenters. The van der Waals surface area contributed by atoms with Gasteiger partial charge in [-0.05, 0) is 93.4 Å². The summed E-state index contributed by atoms with van der Waals surface area (Å²) in [5.74, 6) is 2.34. The number of fused-ring (bicyclic) bond motifs is 5. The highest BCUT2D eigenvalue weighted by Gasteiger charge is 2.53. The van der Waals surface area contributed by atoms with E-state index in [9.17, 15) is 15.0 Å². The van der Waals surface area contributed by atoms with Crippen LogP contribution in [0.1, 0.15) is 74.3 Å². The number of aryl methyl sites for hydroxylation is 2. The largest absolute Gasteiger partial charge is 0.508 e. The third-order valence-corrected chi connectivity index (χ3v) is 8.19. The van der Waals surface area contributed by atoms with Gasteiger partial charge in [-0.15, -0.1) is 0 Å². The maximum atomic E-state index is 12.2. The molecular formula is C26H30N2O4. The first-order chi connectivity index (χ1) is 15.3. The SMILES string of the molecule is CC(=N/N=C1/CC[C@@H]2[C@@H]3CCc4cc(O)ccc4[C@@H]3CC[C@]12C)c1c(O)cc(C)oc1=O. The van der Waals surface area contributed by atoms with E-state index in [4.69, 9.17) is 4.42 Å². The van der Waals surface area contributed by atoms with Gasteiger partial charge in [0.2, 0.25) is 0 Å². The van der Waals surface area contributed by atoms with Gasteiger partial charge in [0.25, 0.3) is 0 Å². The molecule has 1 aromatic carbocycles. The third-order valence-electron chi connectivity index (χ3n) is 8.19. The second-order valence-electron chi connectivity index (χ2n) is 9.93. The molecule has 5 rings (SSSR count). The molecule has 6 heteroatoms. The topological polar surface area (TPSA) is 95.4 Å². The average molecular weight is 435 g/mol. The summed E-state index contributed by atoms with van der Waals surface area (Å²) in [6.45, 7) is 5.64. The van der Waals surface area contributed by atoms with E-state index in [2.05, 4.69) is 23.2 Å². The summed E-state index contributed by atoms with van der Waals surface area (Å²) in [7, 11) is 0. The molecule has 0 spiro atoms. The van der Waals surface area contributed by atoms with Crippen molar-refractivity contribution in [3.05, 3.63) is 57.1 Å². The summed E-state index contributed by atoms with van der Waals surface area (Å²) in [5.41, 5.74) is 3.70. The molecule has 1 aromatic heterocycles. The van der Waals surface area contributed by atoms with Gasteiger partial charge in [0.05, 0.1) is 5.71 Å². The highest BCUT2D eigenvalue weighted by atomic mass is 16.4. The minimum atomic E-state index is -0.591. The fourth-order valence-corrected chi connectivity index (χ4v) is 6.64. The van der Waals surface area contributed by atoms with E-state index in [0.29, 0.717) is 35.0 Å². The lowest BCUT2D eigenvalue weighted by Gasteiger charge is -2.49. The van der Waals surface area contributed by atoms with E-state index < -0.39 is 5.63 Å². The molecule has 32 heavy (non-hydrogen) atoms. The Morgan fingerprint density at radius 3 is 2.75 bits per heavy atom. The maximum absolute atomic E-state index is 12.2. The Morgan fingerprint density at radius 2 is 1.97 bits per heavy atom. The molecule has 6 nitrogen and oxygen atoms in total. The van der Waals surface area contributed by atoms with Crippen molar-refractivity contribution in [1.82, 2.24) is 0 Å². The molecule has 1 heterocycles. The summed E-state index contributed by atoms with van der Waals surface area (Å²) < 4.78 is 5.12. The lowest BCUT2D eigenvalue weighted by molar-refractivity contribution is 0.0955. The normalized spacial score (nSPS) is 30.7. The van der Waals surface area contributed by atoms with Gasteiger partial charge in [-0.3, -0.25) is 0 Å². The van der Waals surface area contributed by atoms with E-state index in [-0.39, 0.29) is 16.7 Å². The second-order valence-corrected chi connectivity index (χ2v) is 9.93. The minimum Gasteiger partial charge on any atom is -0.508 e. The maximum Gasteiger partial charge on any atom is 0.348 e. The molecule has 0 amide bonds. The lowest BCUT2D eigenvalue weighted by Crippen LogP contribution is -2.42. The van der Waals surface area contributed by atoms with E-state index in [1.807, 2.05) is 12.1 Å². The van der Waals surface area contributed by atoms with Crippen LogP contribution < -0.4 is 5.63 Å². The Labute approximate surface area is 187 Å². The van der Waals surface area contributed by atoms with Crippen molar-refractivity contribution in [2.75, 3.05) is 0 Å². The Hall–Kier alpha value is -2.89. The smallest absolute Gasteiger partial charge is 0.348 e. The summed E-state index contributed by atoms with van der Waals surface area (Å²) in [6.07, 6.45) is 6.36. The van der Waals surface area contributed by atoms with Crippen molar-refractivity contribution in [2.45, 2.75) is 65.2 Å². The van der Waals surface area contributed by atoms with Crippen LogP contribution in [-0.4, -0.2) is 21.6 Å². The average Bonchev–Trinajstić information content (AvgIpc) is 3.07. The van der Waals surface area contributed by atoms with Crippen LogP contribution in [-0.2, 0) is 6.42 Å². The standard InChI is InChI=1S/C26H30N2O4/c1-14-12-22(30)24(25(31)32-14)15(2)27-28-23-9-8-21-20-6-4-16-13-17(29)5-7-18(16)19(20)10-11-26(21,23)3/h5,7,12-13,19-21,29-30H,4,6,8-11H2,1-3H3/b27-15?,28-23-/t19-,20+,21+,26-/m0/s1. The van der Waals surface area contributed by atoms with Gasteiger partial charge >= 0.3 is 5.63 Å². The minimum absolute atomic E-state index is 0.0133. The Kier molecular flexibility index (Phi) is 4.99. The van der Waals surface area contributed by atoms with Gasteiger partial charge in [0, 0.05) is 17.2 Å². The summed E-state index contributed by atoms with van der Waals surface area (Å²) in [5, 5.41) is 29.1. The number of rotatable bonds is 2. The van der Waals surface area contributed by atoms with Crippen molar-refractivity contribution in [2.24, 2.45) is 27.5 Å². The molecule has 2 saturated carbocycles. The van der Waals surface area contributed by atoms with Gasteiger partial charge in [0.15, 0.2) is 0 Å². The van der Waals surface area contributed by atoms with Crippen LogP contribution in [0, 0.1) is 24.2 Å². The number of benzene rings is 1. The van der Waals surface area contributed by atoms with E-state index in [1.165, 1.54) is 17.2 Å². The summed E-state index contributed by atoms with van der Waals surface area (Å²) >= 11 is 0. The van der Waals surface area contributed by atoms with E-state index in [1.54, 1.807) is 13.8 Å². The van der Waals surface area contributed by atoms with Gasteiger partial charge in [-0.25, -0.2) is 4.79 Å². The number of aromatic hydroxyl groups is 2. The Balaban J connectivity index is 1.43. The first-order valence-corrected chi connectivity index (χ1v) is 11.6. The summed E-state index contributed by atoms with van der Waals surface area (Å²) in [4.78, 5) is 12.2. The van der Waals surface area contributed by atoms with Crippen LogP contribution in [0.15, 0.2) is 43.7 Å². The van der Waals surface area contributed by atoms with Crippen LogP contribution in [0.25, 0.3) is 0 Å². The van der Waals surface area contributed by atoms with Crippen molar-refractivity contribution in [3.8, 4) is 11.5 Å². The van der Waals surface area contributed by atoms with Crippen LogP contribution in [0.3, 0.4) is 0 Å². The summed E-state index contributed by atoms with van der Waals surface area (Å²) in [6, 6.07) is 7.32. The van der Waals surface area contributed by atoms with Crippen LogP contribution in [0.2, 0.25) is 0 Å². The highest BCUT2D eigenvalue weighted by molar-refractivity contribution is 6.01. The second kappa shape index (κ2) is 7.61. The van der Waals surface area contributed by atoms with Crippen LogP contribution >= 0.6 is 0 Å². The van der Waals surface area contributed by atoms with Crippen molar-refractivity contribution in [1.29, 1.82) is 0 Å². The van der Waals surface area contributed by atoms with E-state index >= 15 is 0 Å². The third kappa shape index (κ3) is 3.28. The van der Waals surface area contributed by atoms with Crippen LogP contribution in [0.4, 0.5) is 0 Å². The first-order valence-electron chi connectivity index (χ1n) is 11.6. The zero-order valence-corrected chi connectivity index (χ0v) is 18.9. The number of hydrogen-bond acceptors (Lipinski definition) is 6. The predicted molar refractivity (Wildman–Crippen MR) is 124 cm³/mol. The van der Waals surface area contributed by atoms with Gasteiger partial charge < -0.3 is 14.6 Å². The molecule has 168 valence electrons. The first kappa shape index (κ1) is 21.0. The zero-order valence-electron chi connectivity index (χ0n) is 18.9. The monoisotopic (exact) mass is 434 g/mol. The number of nitrogens with zero attached hydrogens (tertiary/aromatic N) is 2. The quantitative estimate of drug-likeness (QED) is 0.509. The number of phenols is 1. The van der Waals surface area contributed by atoms with Crippen molar-refractivity contribution in [3.63, 3.8) is 0 Å². The van der Waals surface area contributed by atoms with Gasteiger partial charge in [-0.2, -0.15) is 10.2 Å². The fraction of sp³-hybridized carbons (Fsp3) is 0.500. The molecule has 2 fully saturated rings. The van der Waals surface area contributed by atoms with Gasteiger partial charge in [-0.1, -0.05) is 13.0 Å². The molecule has 0 aliphatic heterocycles. The predicted octanol–water partition coefficient (Wildman–Crippen LogP) is 5.08. The Morgan fingerprint density at radius 1 is 1.16 bits per heavy atom. The van der Waals surface area contributed by atoms with E-state index in [0.717, 1.165) is 44.2 Å². The zero-order chi connectivity index (χ0) is 22.6. The Bertz CT molecular complexity index is 1190. The molecule has 4 atom stereocenters. The van der Waals surface area contributed by atoms with Gasteiger partial charge in [0.1, 0.15) is 22.8 Å². The van der Waals surface area contributed by atoms with Crippen molar-refractivity contribution < 1.29 is 14.6 Å². The fourth-order valence-electron chi connectivity index (χ4n) is 6.64. The number of hydrogen-bond donors (Lipinski definition) is 2.